The van der Waals surface area contributed by atoms with Crippen LogP contribution in [-0.4, -0.2) is 26.5 Å². The first-order valence-electron chi connectivity index (χ1n) is 7.61. The number of nitrogens with one attached hydrogen (secondary N) is 1. The zero-order valence-corrected chi connectivity index (χ0v) is 13.6. The number of hydrogen-bond acceptors (Lipinski definition) is 4. The fraction of sp³-hybridized carbons (Fsp3) is 0.562. The van der Waals surface area contributed by atoms with Gasteiger partial charge in [0, 0.05) is 12.2 Å². The molecule has 2 aromatic heterocycles. The van der Waals surface area contributed by atoms with Gasteiger partial charge in [0.2, 0.25) is 0 Å². The maximum absolute atomic E-state index is 4.56. The monoisotopic (exact) mass is 287 g/mol. The topological polar surface area (TPSA) is 55.6 Å². The van der Waals surface area contributed by atoms with Crippen LogP contribution in [0.15, 0.2) is 12.1 Å². The summed E-state index contributed by atoms with van der Waals surface area (Å²) >= 11 is 0. The van der Waals surface area contributed by atoms with Crippen molar-refractivity contribution in [2.45, 2.75) is 47.6 Å². The second kappa shape index (κ2) is 6.80. The maximum Gasteiger partial charge on any atom is 0.175 e. The Morgan fingerprint density at radius 3 is 2.48 bits per heavy atom. The first-order chi connectivity index (χ1) is 10.0. The first-order valence-corrected chi connectivity index (χ1v) is 7.61. The molecule has 0 saturated heterocycles. The normalized spacial score (nSPS) is 11.3. The van der Waals surface area contributed by atoms with E-state index in [1.165, 1.54) is 5.56 Å². The van der Waals surface area contributed by atoms with Gasteiger partial charge in [-0.1, -0.05) is 20.8 Å². The molecule has 0 fully saturated rings. The number of nitrogens with zero attached hydrogens (tertiary/aromatic N) is 4. The Bertz CT molecular complexity index is 583. The van der Waals surface area contributed by atoms with Crippen molar-refractivity contribution in [2.24, 2.45) is 5.92 Å². The minimum atomic E-state index is 0.638. The lowest BCUT2D eigenvalue weighted by molar-refractivity contribution is 0.545. The average molecular weight is 287 g/mol. The molecule has 2 rings (SSSR count). The molecule has 114 valence electrons. The number of aromatic nitrogens is 4. The van der Waals surface area contributed by atoms with E-state index in [0.717, 1.165) is 42.4 Å². The minimum Gasteiger partial charge on any atom is -0.311 e. The van der Waals surface area contributed by atoms with Gasteiger partial charge in [-0.15, -0.1) is 5.10 Å². The smallest absolute Gasteiger partial charge is 0.175 e. The zero-order valence-electron chi connectivity index (χ0n) is 13.6. The molecule has 0 bridgehead atoms. The molecule has 2 heterocycles. The van der Waals surface area contributed by atoms with Crippen LogP contribution in [0.3, 0.4) is 0 Å². The van der Waals surface area contributed by atoms with Crippen molar-refractivity contribution in [3.05, 3.63) is 34.8 Å². The third kappa shape index (κ3) is 3.67. The lowest BCUT2D eigenvalue weighted by atomic mass is 10.1. The van der Waals surface area contributed by atoms with Gasteiger partial charge in [0.15, 0.2) is 5.82 Å². The summed E-state index contributed by atoms with van der Waals surface area (Å²) in [7, 11) is 0. The summed E-state index contributed by atoms with van der Waals surface area (Å²) in [6, 6.07) is 4.00. The van der Waals surface area contributed by atoms with E-state index in [-0.39, 0.29) is 0 Å². The van der Waals surface area contributed by atoms with Gasteiger partial charge in [0.1, 0.15) is 0 Å². The van der Waals surface area contributed by atoms with E-state index in [4.69, 9.17) is 0 Å². The van der Waals surface area contributed by atoms with E-state index in [1.807, 2.05) is 23.7 Å². The molecule has 0 spiro atoms. The van der Waals surface area contributed by atoms with Gasteiger partial charge >= 0.3 is 0 Å². The van der Waals surface area contributed by atoms with Gasteiger partial charge in [-0.2, -0.15) is 10.2 Å². The summed E-state index contributed by atoms with van der Waals surface area (Å²) in [6.07, 6.45) is 0.988. The molecule has 0 radical (unpaired) electrons. The first kappa shape index (κ1) is 15.6. The van der Waals surface area contributed by atoms with Gasteiger partial charge in [-0.05, 0) is 50.4 Å². The molecule has 1 N–H and O–H groups in total. The molecule has 0 aromatic carbocycles. The Kier molecular flexibility index (Phi) is 5.07. The maximum atomic E-state index is 4.56. The van der Waals surface area contributed by atoms with Crippen LogP contribution in [-0.2, 0) is 13.0 Å². The highest BCUT2D eigenvalue weighted by Gasteiger charge is 2.12. The second-order valence-electron chi connectivity index (χ2n) is 5.82. The molecule has 0 unspecified atom stereocenters. The molecular formula is C16H25N5. The third-order valence-electron chi connectivity index (χ3n) is 3.58. The lowest BCUT2D eigenvalue weighted by Crippen LogP contribution is -2.20. The lowest BCUT2D eigenvalue weighted by Gasteiger charge is -2.07. The van der Waals surface area contributed by atoms with Crippen LogP contribution < -0.4 is 5.32 Å². The predicted molar refractivity (Wildman–Crippen MR) is 84.6 cm³/mol. The van der Waals surface area contributed by atoms with Gasteiger partial charge in [-0.3, -0.25) is 0 Å². The highest BCUT2D eigenvalue weighted by atomic mass is 15.3. The Labute approximate surface area is 126 Å². The van der Waals surface area contributed by atoms with Gasteiger partial charge in [0.25, 0.3) is 0 Å². The van der Waals surface area contributed by atoms with Gasteiger partial charge in [0.05, 0.1) is 11.4 Å². The van der Waals surface area contributed by atoms with Crippen molar-refractivity contribution in [3.8, 4) is 5.82 Å². The van der Waals surface area contributed by atoms with Crippen molar-refractivity contribution in [3.63, 3.8) is 0 Å². The molecule has 0 saturated carbocycles. The van der Waals surface area contributed by atoms with Gasteiger partial charge < -0.3 is 5.32 Å². The Morgan fingerprint density at radius 1 is 1.19 bits per heavy atom. The van der Waals surface area contributed by atoms with E-state index in [9.17, 15) is 0 Å². The molecule has 0 aliphatic carbocycles. The van der Waals surface area contributed by atoms with Crippen LogP contribution in [0.25, 0.3) is 5.82 Å². The van der Waals surface area contributed by atoms with Crippen LogP contribution in [0.4, 0.5) is 0 Å². The second-order valence-corrected chi connectivity index (χ2v) is 5.82. The molecule has 5 heteroatoms. The van der Waals surface area contributed by atoms with Crippen molar-refractivity contribution in [1.29, 1.82) is 0 Å². The van der Waals surface area contributed by atoms with Crippen molar-refractivity contribution >= 4 is 0 Å². The summed E-state index contributed by atoms with van der Waals surface area (Å²) in [5, 5.41) is 16.5. The zero-order chi connectivity index (χ0) is 15.4. The molecule has 0 amide bonds. The Hall–Kier alpha value is -1.75. The van der Waals surface area contributed by atoms with Crippen LogP contribution in [0.1, 0.15) is 43.4 Å². The molecule has 2 aromatic rings. The predicted octanol–water partition coefficient (Wildman–Crippen LogP) is 2.59. The number of rotatable bonds is 6. The van der Waals surface area contributed by atoms with Crippen LogP contribution >= 0.6 is 0 Å². The van der Waals surface area contributed by atoms with Crippen LogP contribution in [0.5, 0.6) is 0 Å². The minimum absolute atomic E-state index is 0.638. The molecule has 5 nitrogen and oxygen atoms in total. The molecule has 0 atom stereocenters. The summed E-state index contributed by atoms with van der Waals surface area (Å²) in [6.45, 7) is 12.4. The molecule has 0 aliphatic rings. The standard InChI is InChI=1S/C16H25N5/c1-6-15-12(4)20-21(13(15)5)16-8-7-14(18-19-16)10-17-9-11(2)3/h7-8,11,17H,6,9-10H2,1-5H3. The Balaban J connectivity index is 2.12. The summed E-state index contributed by atoms with van der Waals surface area (Å²) < 4.78 is 1.88. The van der Waals surface area contributed by atoms with Crippen LogP contribution in [0, 0.1) is 19.8 Å². The molecular weight excluding hydrogens is 262 g/mol. The van der Waals surface area contributed by atoms with E-state index in [1.54, 1.807) is 0 Å². The Morgan fingerprint density at radius 2 is 1.95 bits per heavy atom. The van der Waals surface area contributed by atoms with E-state index < -0.39 is 0 Å². The number of hydrogen-bond donors (Lipinski definition) is 1. The van der Waals surface area contributed by atoms with E-state index >= 15 is 0 Å². The third-order valence-corrected chi connectivity index (χ3v) is 3.58. The fourth-order valence-electron chi connectivity index (χ4n) is 2.46. The van der Waals surface area contributed by atoms with E-state index in [2.05, 4.69) is 48.3 Å². The summed E-state index contributed by atoms with van der Waals surface area (Å²) in [5.74, 6) is 1.42. The number of aryl methyl sites for hydroxylation is 1. The van der Waals surface area contributed by atoms with E-state index in [0.29, 0.717) is 5.92 Å². The highest BCUT2D eigenvalue weighted by Crippen LogP contribution is 2.16. The highest BCUT2D eigenvalue weighted by molar-refractivity contribution is 5.32. The summed E-state index contributed by atoms with van der Waals surface area (Å²) in [5.41, 5.74) is 4.46. The largest absolute Gasteiger partial charge is 0.311 e. The van der Waals surface area contributed by atoms with Crippen molar-refractivity contribution < 1.29 is 0 Å². The van der Waals surface area contributed by atoms with Crippen molar-refractivity contribution in [2.75, 3.05) is 6.54 Å². The quantitative estimate of drug-likeness (QED) is 0.887. The summed E-state index contributed by atoms with van der Waals surface area (Å²) in [4.78, 5) is 0. The molecule has 0 aliphatic heterocycles. The molecule has 21 heavy (non-hydrogen) atoms. The average Bonchev–Trinajstić information content (AvgIpc) is 2.74. The fourth-order valence-corrected chi connectivity index (χ4v) is 2.46. The van der Waals surface area contributed by atoms with Crippen molar-refractivity contribution in [1.82, 2.24) is 25.3 Å². The van der Waals surface area contributed by atoms with Gasteiger partial charge in [-0.25, -0.2) is 4.68 Å². The SMILES string of the molecule is CCc1c(C)nn(-c2ccc(CNCC(C)C)nn2)c1C. The van der Waals surface area contributed by atoms with Crippen LogP contribution in [0.2, 0.25) is 0 Å².